The summed E-state index contributed by atoms with van der Waals surface area (Å²) < 4.78 is 0. The summed E-state index contributed by atoms with van der Waals surface area (Å²) in [5.74, 6) is 0. The second kappa shape index (κ2) is 17.8. The van der Waals surface area contributed by atoms with E-state index in [4.69, 9.17) is 0 Å². The molecule has 0 saturated carbocycles. The van der Waals surface area contributed by atoms with Crippen LogP contribution in [0.2, 0.25) is 0 Å². The fourth-order valence-electron chi connectivity index (χ4n) is 2.33. The first-order chi connectivity index (χ1) is 10.9. The van der Waals surface area contributed by atoms with Gasteiger partial charge in [-0.15, -0.1) is 13.1 Å². The summed E-state index contributed by atoms with van der Waals surface area (Å²) in [7, 11) is 0. The van der Waals surface area contributed by atoms with Gasteiger partial charge in [-0.1, -0.05) is 39.5 Å². The Morgan fingerprint density at radius 2 is 1.04 bits per heavy atom. The fraction of sp³-hybridized carbons (Fsp3) is 1.00. The van der Waals surface area contributed by atoms with Crippen molar-refractivity contribution in [2.24, 2.45) is 0 Å². The Kier molecular flexibility index (Phi) is 18.6. The molecule has 0 aromatic rings. The minimum absolute atomic E-state index is 0. The van der Waals surface area contributed by atoms with Gasteiger partial charge in [0.1, 0.15) is 0 Å². The molecule has 23 heavy (non-hydrogen) atoms. The van der Waals surface area contributed by atoms with Crippen LogP contribution in [-0.4, -0.2) is 113 Å². The summed E-state index contributed by atoms with van der Waals surface area (Å²) in [6, 6.07) is 0. The molecule has 132 valence electrons. The molecule has 0 radical (unpaired) electrons. The molecule has 0 amide bonds. The molecule has 6 nitrogen and oxygen atoms in total. The van der Waals surface area contributed by atoms with E-state index >= 15 is 0 Å². The Morgan fingerprint density at radius 3 is 1.35 bits per heavy atom. The van der Waals surface area contributed by atoms with E-state index in [0.717, 1.165) is 65.4 Å². The average molecular weight is 353 g/mol. The molecule has 0 aromatic heterocycles. The molecule has 2 N–H and O–H groups in total. The van der Waals surface area contributed by atoms with Crippen molar-refractivity contribution in [3.8, 4) is 0 Å². The zero-order chi connectivity index (χ0) is 15.9. The van der Waals surface area contributed by atoms with E-state index in [-0.39, 0.29) is 37.7 Å². The predicted octanol–water partition coefficient (Wildman–Crippen LogP) is 1.58. The minimum Gasteiger partial charge on any atom is -0.594 e. The number of nitrogens with zero attached hydrogens (tertiary/aromatic N) is 4. The summed E-state index contributed by atoms with van der Waals surface area (Å²) in [6.07, 6.45) is 4.94. The zero-order valence-electron chi connectivity index (χ0n) is 15.4. The molecule has 0 aliphatic carbocycles. The van der Waals surface area contributed by atoms with Gasteiger partial charge >= 0.3 is 37.7 Å². The van der Waals surface area contributed by atoms with Crippen molar-refractivity contribution in [3.63, 3.8) is 0 Å². The van der Waals surface area contributed by atoms with Gasteiger partial charge in [-0.3, -0.25) is 0 Å². The molecule has 0 aromatic carbocycles. The summed E-state index contributed by atoms with van der Waals surface area (Å²) >= 11 is 0. The number of rotatable bonds is 8. The van der Waals surface area contributed by atoms with E-state index in [1.807, 2.05) is 0 Å². The first-order valence-electron chi connectivity index (χ1n) is 9.13. The van der Waals surface area contributed by atoms with Gasteiger partial charge in [-0.25, -0.2) is 0 Å². The maximum atomic E-state index is 4.47. The van der Waals surface area contributed by atoms with E-state index in [2.05, 4.69) is 45.4 Å². The monoisotopic (exact) mass is 352 g/mol. The van der Waals surface area contributed by atoms with Crippen molar-refractivity contribution < 1.29 is 0 Å². The van der Waals surface area contributed by atoms with Crippen molar-refractivity contribution in [1.82, 2.24) is 20.7 Å². The number of nitrogens with one attached hydrogen (secondary N) is 2. The maximum absolute atomic E-state index is 4.47. The van der Waals surface area contributed by atoms with E-state index in [0.29, 0.717) is 0 Å². The molecule has 0 bridgehead atoms. The van der Waals surface area contributed by atoms with Gasteiger partial charge in [0.25, 0.3) is 0 Å². The van der Waals surface area contributed by atoms with Crippen molar-refractivity contribution >= 4 is 37.7 Å². The summed E-state index contributed by atoms with van der Waals surface area (Å²) in [5.41, 5.74) is 8.93. The van der Waals surface area contributed by atoms with Crippen LogP contribution >= 0.6 is 0 Å². The number of piperazine rings is 2. The molecular formula is C16H36CaN6. The first kappa shape index (κ1) is 24.0. The van der Waals surface area contributed by atoms with Crippen LogP contribution in [0.5, 0.6) is 0 Å². The van der Waals surface area contributed by atoms with Gasteiger partial charge in [0, 0.05) is 26.2 Å². The van der Waals surface area contributed by atoms with Crippen LogP contribution in [0.15, 0.2) is 0 Å². The van der Waals surface area contributed by atoms with Gasteiger partial charge in [-0.05, 0) is 26.2 Å². The third-order valence-electron chi connectivity index (χ3n) is 3.81. The van der Waals surface area contributed by atoms with Crippen molar-refractivity contribution in [2.75, 3.05) is 65.4 Å². The summed E-state index contributed by atoms with van der Waals surface area (Å²) in [6.45, 7) is 15.1. The molecule has 2 fully saturated rings. The number of hydrogen-bond donors (Lipinski definition) is 2. The van der Waals surface area contributed by atoms with Gasteiger partial charge in [0.15, 0.2) is 0 Å². The van der Waals surface area contributed by atoms with E-state index in [9.17, 15) is 0 Å². The van der Waals surface area contributed by atoms with Crippen LogP contribution in [-0.2, 0) is 0 Å². The van der Waals surface area contributed by atoms with Crippen LogP contribution in [0, 0.1) is 0 Å². The number of unbranched alkanes of at least 4 members (excludes halogenated alkanes) is 2. The molecule has 0 atom stereocenters. The minimum atomic E-state index is 0. The van der Waals surface area contributed by atoms with Gasteiger partial charge < -0.3 is 31.5 Å². The Hall–Kier alpha value is 1.02. The Morgan fingerprint density at radius 1 is 0.696 bits per heavy atom. The zero-order valence-corrected chi connectivity index (χ0v) is 17.6. The van der Waals surface area contributed by atoms with Crippen molar-refractivity contribution in [2.45, 2.75) is 39.5 Å². The SMILES string of the molecule is CCCC[N-]N1CCNCC1.CCCC[N-]N1CCNCC1.[Ca+2]. The second-order valence-corrected chi connectivity index (χ2v) is 5.84. The third-order valence-corrected chi connectivity index (χ3v) is 3.81. The van der Waals surface area contributed by atoms with Crippen molar-refractivity contribution in [3.05, 3.63) is 10.9 Å². The Balaban J connectivity index is 0.000000403. The largest absolute Gasteiger partial charge is 2.00 e. The molecular weight excluding hydrogens is 316 g/mol. The van der Waals surface area contributed by atoms with Gasteiger partial charge in [0.2, 0.25) is 0 Å². The molecule has 2 heterocycles. The second-order valence-electron chi connectivity index (χ2n) is 5.84. The van der Waals surface area contributed by atoms with Crippen molar-refractivity contribution in [1.29, 1.82) is 0 Å². The summed E-state index contributed by atoms with van der Waals surface area (Å²) in [5, 5.41) is 11.0. The van der Waals surface area contributed by atoms with Crippen LogP contribution in [0.25, 0.3) is 10.9 Å². The van der Waals surface area contributed by atoms with E-state index in [1.165, 1.54) is 25.7 Å². The predicted molar refractivity (Wildman–Crippen MR) is 101 cm³/mol. The smallest absolute Gasteiger partial charge is 0.594 e. The third kappa shape index (κ3) is 13.9. The Bertz CT molecular complexity index is 209. The molecule has 2 aliphatic rings. The molecule has 0 unspecified atom stereocenters. The topological polar surface area (TPSA) is 58.7 Å². The normalized spacial score (nSPS) is 19.6. The summed E-state index contributed by atoms with van der Waals surface area (Å²) in [4.78, 5) is 0. The Labute approximate surface area is 173 Å². The van der Waals surface area contributed by atoms with Gasteiger partial charge in [0.05, 0.1) is 0 Å². The quantitative estimate of drug-likeness (QED) is 0.514. The molecule has 0 spiro atoms. The van der Waals surface area contributed by atoms with E-state index < -0.39 is 0 Å². The van der Waals surface area contributed by atoms with Crippen LogP contribution < -0.4 is 10.6 Å². The molecule has 2 aliphatic heterocycles. The maximum Gasteiger partial charge on any atom is 2.00 e. The average Bonchev–Trinajstić information content (AvgIpc) is 2.58. The molecule has 2 saturated heterocycles. The molecule has 7 heteroatoms. The van der Waals surface area contributed by atoms with Gasteiger partial charge in [-0.2, -0.15) is 0 Å². The first-order valence-corrected chi connectivity index (χ1v) is 9.13. The standard InChI is InChI=1S/2C8H18N3.Ca/c2*1-2-3-4-10-11-7-5-9-6-8-11;/h2*9H,2-8H2,1H3;/q2*-1;+2. The van der Waals surface area contributed by atoms with Crippen LogP contribution in [0.4, 0.5) is 0 Å². The van der Waals surface area contributed by atoms with E-state index in [1.54, 1.807) is 0 Å². The molecule has 2 rings (SSSR count). The fourth-order valence-corrected chi connectivity index (χ4v) is 2.33. The number of hydrogen-bond acceptors (Lipinski definition) is 4. The van der Waals surface area contributed by atoms with Crippen LogP contribution in [0.3, 0.4) is 0 Å². The van der Waals surface area contributed by atoms with Crippen LogP contribution in [0.1, 0.15) is 39.5 Å².